The van der Waals surface area contributed by atoms with Crippen LogP contribution in [0.25, 0.3) is 0 Å². The number of carbonyl (C=O) groups is 1. The summed E-state index contributed by atoms with van der Waals surface area (Å²) in [5.74, 6) is -0.455. The lowest BCUT2D eigenvalue weighted by atomic mass is 9.98. The third-order valence-electron chi connectivity index (χ3n) is 3.50. The maximum atomic E-state index is 10.6. The van der Waals surface area contributed by atoms with Crippen LogP contribution in [0, 0.1) is 0 Å². The summed E-state index contributed by atoms with van der Waals surface area (Å²) in [5, 5.41) is 8.66. The second-order valence-corrected chi connectivity index (χ2v) is 5.07. The zero-order valence-electron chi connectivity index (χ0n) is 12.4. The summed E-state index contributed by atoms with van der Waals surface area (Å²) >= 11 is 0. The van der Waals surface area contributed by atoms with Crippen LogP contribution >= 0.6 is 0 Å². The number of aromatic nitrogens is 2. The molecule has 5 heteroatoms. The second kappa shape index (κ2) is 6.79. The Morgan fingerprint density at radius 2 is 1.78 bits per heavy atom. The molecule has 5 nitrogen and oxygen atoms in total. The fraction of sp³-hybridized carbons (Fsp3) is 0.111. The first-order chi connectivity index (χ1) is 11.2. The normalized spacial score (nSPS) is 11.8. The van der Waals surface area contributed by atoms with Crippen molar-refractivity contribution in [2.24, 2.45) is 0 Å². The zero-order chi connectivity index (χ0) is 16.1. The molecule has 2 aromatic carbocycles. The van der Waals surface area contributed by atoms with E-state index in [4.69, 9.17) is 9.84 Å². The van der Waals surface area contributed by atoms with E-state index < -0.39 is 5.97 Å². The Morgan fingerprint density at radius 3 is 2.39 bits per heavy atom. The summed E-state index contributed by atoms with van der Waals surface area (Å²) in [6, 6.07) is 17.6. The Hall–Kier alpha value is -3.08. The van der Waals surface area contributed by atoms with Crippen molar-refractivity contribution >= 4 is 5.97 Å². The Balaban J connectivity index is 1.90. The van der Waals surface area contributed by atoms with Crippen molar-refractivity contribution in [2.45, 2.75) is 6.04 Å². The Labute approximate surface area is 133 Å². The molecule has 1 heterocycles. The van der Waals surface area contributed by atoms with E-state index in [1.165, 1.54) is 0 Å². The highest BCUT2D eigenvalue weighted by atomic mass is 16.5. The number of nitrogens with zero attached hydrogens (tertiary/aromatic N) is 2. The van der Waals surface area contributed by atoms with Gasteiger partial charge in [-0.1, -0.05) is 42.5 Å². The van der Waals surface area contributed by atoms with Crippen LogP contribution in [-0.2, 0) is 4.79 Å². The quantitative estimate of drug-likeness (QED) is 0.760. The van der Waals surface area contributed by atoms with Gasteiger partial charge in [0.25, 0.3) is 0 Å². The predicted octanol–water partition coefficient (Wildman–Crippen LogP) is 2.98. The molecule has 0 spiro atoms. The molecule has 116 valence electrons. The second-order valence-electron chi connectivity index (χ2n) is 5.07. The van der Waals surface area contributed by atoms with E-state index in [1.807, 2.05) is 41.1 Å². The minimum Gasteiger partial charge on any atom is -0.482 e. The Kier molecular flexibility index (Phi) is 4.38. The van der Waals surface area contributed by atoms with Gasteiger partial charge in [-0.05, 0) is 23.3 Å². The molecule has 0 aliphatic carbocycles. The zero-order valence-corrected chi connectivity index (χ0v) is 12.4. The standard InChI is InChI=1S/C18H16N2O3/c21-17(22)12-23-16-8-6-15(7-9-16)18(20-11-10-19-13-20)14-4-2-1-3-5-14/h1-11,13,18H,12H2,(H,21,22). The summed E-state index contributed by atoms with van der Waals surface area (Å²) in [7, 11) is 0. The van der Waals surface area contributed by atoms with Crippen LogP contribution in [0.15, 0.2) is 73.3 Å². The molecule has 1 N–H and O–H groups in total. The number of imidazole rings is 1. The highest BCUT2D eigenvalue weighted by Crippen LogP contribution is 2.27. The lowest BCUT2D eigenvalue weighted by Gasteiger charge is -2.20. The molecule has 1 atom stereocenters. The van der Waals surface area contributed by atoms with Crippen molar-refractivity contribution in [3.63, 3.8) is 0 Å². The van der Waals surface area contributed by atoms with Crippen LogP contribution < -0.4 is 4.74 Å². The monoisotopic (exact) mass is 308 g/mol. The van der Waals surface area contributed by atoms with Crippen LogP contribution in [0.1, 0.15) is 17.2 Å². The van der Waals surface area contributed by atoms with E-state index in [2.05, 4.69) is 17.1 Å². The molecule has 3 rings (SSSR count). The first-order valence-electron chi connectivity index (χ1n) is 7.21. The van der Waals surface area contributed by atoms with E-state index in [-0.39, 0.29) is 12.6 Å². The maximum Gasteiger partial charge on any atom is 0.341 e. The van der Waals surface area contributed by atoms with Gasteiger partial charge in [0.15, 0.2) is 6.61 Å². The van der Waals surface area contributed by atoms with Gasteiger partial charge in [0, 0.05) is 12.4 Å². The number of ether oxygens (including phenoxy) is 1. The highest BCUT2D eigenvalue weighted by Gasteiger charge is 2.15. The van der Waals surface area contributed by atoms with Gasteiger partial charge in [-0.3, -0.25) is 0 Å². The molecule has 0 saturated carbocycles. The minimum atomic E-state index is -0.991. The number of carboxylic acid groups (broad SMARTS) is 1. The number of carboxylic acids is 1. The third-order valence-corrected chi connectivity index (χ3v) is 3.50. The maximum absolute atomic E-state index is 10.6. The number of hydrogen-bond donors (Lipinski definition) is 1. The lowest BCUT2D eigenvalue weighted by molar-refractivity contribution is -0.139. The van der Waals surface area contributed by atoms with Crippen molar-refractivity contribution in [2.75, 3.05) is 6.61 Å². The van der Waals surface area contributed by atoms with Gasteiger partial charge in [-0.2, -0.15) is 0 Å². The topological polar surface area (TPSA) is 64.3 Å². The van der Waals surface area contributed by atoms with Crippen molar-refractivity contribution < 1.29 is 14.6 Å². The molecule has 3 aromatic rings. The highest BCUT2D eigenvalue weighted by molar-refractivity contribution is 5.68. The van der Waals surface area contributed by atoms with Gasteiger partial charge in [0.2, 0.25) is 0 Å². The molecular formula is C18H16N2O3. The molecule has 0 bridgehead atoms. The van der Waals surface area contributed by atoms with Crippen molar-refractivity contribution in [1.82, 2.24) is 9.55 Å². The Morgan fingerprint density at radius 1 is 1.09 bits per heavy atom. The number of hydrogen-bond acceptors (Lipinski definition) is 3. The minimum absolute atomic E-state index is 0.00669. The largest absolute Gasteiger partial charge is 0.482 e. The summed E-state index contributed by atoms with van der Waals surface area (Å²) in [6.07, 6.45) is 5.46. The summed E-state index contributed by atoms with van der Waals surface area (Å²) in [6.45, 7) is -0.344. The molecule has 0 radical (unpaired) electrons. The average molecular weight is 308 g/mol. The van der Waals surface area contributed by atoms with E-state index in [0.29, 0.717) is 5.75 Å². The molecule has 0 saturated heterocycles. The summed E-state index contributed by atoms with van der Waals surface area (Å²) in [4.78, 5) is 14.7. The van der Waals surface area contributed by atoms with Gasteiger partial charge in [-0.15, -0.1) is 0 Å². The van der Waals surface area contributed by atoms with Crippen LogP contribution in [-0.4, -0.2) is 27.2 Å². The number of aliphatic carboxylic acids is 1. The SMILES string of the molecule is O=C(O)COc1ccc(C(c2ccccc2)n2ccnc2)cc1. The average Bonchev–Trinajstić information content (AvgIpc) is 3.09. The first kappa shape index (κ1) is 14.8. The predicted molar refractivity (Wildman–Crippen MR) is 85.5 cm³/mol. The smallest absolute Gasteiger partial charge is 0.341 e. The fourth-order valence-corrected chi connectivity index (χ4v) is 2.49. The molecule has 1 aromatic heterocycles. The molecular weight excluding hydrogens is 292 g/mol. The van der Waals surface area contributed by atoms with E-state index >= 15 is 0 Å². The van der Waals surface area contributed by atoms with Crippen LogP contribution in [0.4, 0.5) is 0 Å². The van der Waals surface area contributed by atoms with Crippen molar-refractivity contribution in [3.05, 3.63) is 84.4 Å². The van der Waals surface area contributed by atoms with Gasteiger partial charge in [-0.25, -0.2) is 9.78 Å². The van der Waals surface area contributed by atoms with E-state index in [1.54, 1.807) is 24.7 Å². The lowest BCUT2D eigenvalue weighted by Crippen LogP contribution is -2.11. The molecule has 0 amide bonds. The molecule has 1 unspecified atom stereocenters. The van der Waals surface area contributed by atoms with Crippen molar-refractivity contribution in [1.29, 1.82) is 0 Å². The summed E-state index contributed by atoms with van der Waals surface area (Å²) in [5.41, 5.74) is 2.21. The molecule has 0 fully saturated rings. The Bertz CT molecular complexity index is 753. The molecule has 0 aliphatic heterocycles. The van der Waals surface area contributed by atoms with Crippen LogP contribution in [0.3, 0.4) is 0 Å². The van der Waals surface area contributed by atoms with Crippen molar-refractivity contribution in [3.8, 4) is 5.75 Å². The number of rotatable bonds is 6. The van der Waals surface area contributed by atoms with Crippen LogP contribution in [0.2, 0.25) is 0 Å². The first-order valence-corrected chi connectivity index (χ1v) is 7.21. The van der Waals surface area contributed by atoms with Gasteiger partial charge in [0.1, 0.15) is 5.75 Å². The van der Waals surface area contributed by atoms with Gasteiger partial charge < -0.3 is 14.4 Å². The molecule has 23 heavy (non-hydrogen) atoms. The summed E-state index contributed by atoms with van der Waals surface area (Å²) < 4.78 is 7.21. The third kappa shape index (κ3) is 3.58. The van der Waals surface area contributed by atoms with E-state index in [9.17, 15) is 4.79 Å². The van der Waals surface area contributed by atoms with Gasteiger partial charge >= 0.3 is 5.97 Å². The van der Waals surface area contributed by atoms with E-state index in [0.717, 1.165) is 11.1 Å². The number of benzene rings is 2. The van der Waals surface area contributed by atoms with Crippen LogP contribution in [0.5, 0.6) is 5.75 Å². The molecule has 0 aliphatic rings. The van der Waals surface area contributed by atoms with Gasteiger partial charge in [0.05, 0.1) is 12.4 Å². The fourth-order valence-electron chi connectivity index (χ4n) is 2.49.